The minimum Gasteiger partial charge on any atom is -0.493 e. The number of hydrogen-bond donors (Lipinski definition) is 1. The third kappa shape index (κ3) is 6.62. The maximum Gasteiger partial charge on any atom is 0.331 e. The molecule has 0 saturated heterocycles. The largest absolute Gasteiger partial charge is 0.493 e. The van der Waals surface area contributed by atoms with E-state index in [1.165, 1.54) is 19.6 Å². The molecule has 1 amide bonds. The number of amides is 1. The van der Waals surface area contributed by atoms with Gasteiger partial charge in [-0.15, -0.1) is 0 Å². The van der Waals surface area contributed by atoms with E-state index in [1.807, 2.05) is 6.07 Å². The minimum absolute atomic E-state index is 0.0838. The molecule has 7 heteroatoms. The lowest BCUT2D eigenvalue weighted by molar-refractivity contribution is -0.144. The van der Waals surface area contributed by atoms with Gasteiger partial charge in [0.05, 0.1) is 7.11 Å². The molecule has 28 heavy (non-hydrogen) atoms. The fourth-order valence-corrected chi connectivity index (χ4v) is 3.15. The maximum absolute atomic E-state index is 12.0. The number of benzene rings is 1. The Hall–Kier alpha value is -3.01. The lowest BCUT2D eigenvalue weighted by atomic mass is 9.86. The van der Waals surface area contributed by atoms with Crippen molar-refractivity contribution in [2.75, 3.05) is 20.3 Å². The van der Waals surface area contributed by atoms with E-state index in [1.54, 1.807) is 24.3 Å². The monoisotopic (exact) mass is 386 g/mol. The highest BCUT2D eigenvalue weighted by Gasteiger charge is 2.22. The minimum atomic E-state index is -0.601. The van der Waals surface area contributed by atoms with Crippen molar-refractivity contribution >= 4 is 18.0 Å². The van der Waals surface area contributed by atoms with Gasteiger partial charge in [0.15, 0.2) is 24.7 Å². The summed E-state index contributed by atoms with van der Waals surface area (Å²) < 4.78 is 15.5. The summed E-state index contributed by atoms with van der Waals surface area (Å²) >= 11 is 0. The van der Waals surface area contributed by atoms with Crippen molar-refractivity contribution < 1.29 is 23.8 Å². The van der Waals surface area contributed by atoms with E-state index >= 15 is 0 Å². The predicted molar refractivity (Wildman–Crippen MR) is 104 cm³/mol. The van der Waals surface area contributed by atoms with Crippen LogP contribution in [0.1, 0.15) is 38.2 Å². The summed E-state index contributed by atoms with van der Waals surface area (Å²) in [6.45, 7) is 1.75. The van der Waals surface area contributed by atoms with Crippen LogP contribution in [0.15, 0.2) is 24.3 Å². The first kappa shape index (κ1) is 21.3. The van der Waals surface area contributed by atoms with Gasteiger partial charge in [0.25, 0.3) is 5.91 Å². The van der Waals surface area contributed by atoms with Crippen molar-refractivity contribution in [2.45, 2.75) is 38.6 Å². The summed E-state index contributed by atoms with van der Waals surface area (Å²) in [6.07, 6.45) is 7.19. The molecule has 1 N–H and O–H groups in total. The third-order valence-corrected chi connectivity index (χ3v) is 4.70. The van der Waals surface area contributed by atoms with Gasteiger partial charge >= 0.3 is 5.97 Å². The Bertz CT molecular complexity index is 754. The molecule has 2 atom stereocenters. The molecule has 0 unspecified atom stereocenters. The molecule has 0 bridgehead atoms. The Kier molecular flexibility index (Phi) is 8.35. The standard InChI is InChI=1S/C21H26N2O5/c1-15-5-3-4-6-17(15)23-20(24)14-28-21(25)10-8-16-7-9-18(27-12-11-22)19(13-16)26-2/h7-10,13,15,17H,3-6,12,14H2,1-2H3,(H,23,24)/b10-8+/t15-,17+/m0/s1. The first-order valence-electron chi connectivity index (χ1n) is 9.35. The Morgan fingerprint density at radius 3 is 2.79 bits per heavy atom. The summed E-state index contributed by atoms with van der Waals surface area (Å²) in [5.74, 6) is 0.462. The van der Waals surface area contributed by atoms with Crippen molar-refractivity contribution in [1.82, 2.24) is 5.32 Å². The van der Waals surface area contributed by atoms with Crippen molar-refractivity contribution in [3.8, 4) is 17.6 Å². The van der Waals surface area contributed by atoms with E-state index < -0.39 is 5.97 Å². The van der Waals surface area contributed by atoms with Gasteiger partial charge in [0.2, 0.25) is 0 Å². The fraction of sp³-hybridized carbons (Fsp3) is 0.476. The van der Waals surface area contributed by atoms with Gasteiger partial charge in [-0.1, -0.05) is 25.8 Å². The van der Waals surface area contributed by atoms with Gasteiger partial charge in [-0.25, -0.2) is 4.79 Å². The van der Waals surface area contributed by atoms with Gasteiger partial charge in [-0.05, 0) is 42.5 Å². The number of hydrogen-bond acceptors (Lipinski definition) is 6. The maximum atomic E-state index is 12.0. The Balaban J connectivity index is 1.82. The molecule has 1 aromatic rings. The van der Waals surface area contributed by atoms with Crippen molar-refractivity contribution in [2.24, 2.45) is 5.92 Å². The first-order valence-corrected chi connectivity index (χ1v) is 9.35. The fourth-order valence-electron chi connectivity index (χ4n) is 3.15. The van der Waals surface area contributed by atoms with Crippen molar-refractivity contribution in [3.63, 3.8) is 0 Å². The quantitative estimate of drug-likeness (QED) is 0.545. The molecule has 1 fully saturated rings. The van der Waals surface area contributed by atoms with Gasteiger partial charge in [-0.2, -0.15) is 5.26 Å². The second kappa shape index (κ2) is 11.0. The molecule has 0 radical (unpaired) electrons. The molecule has 1 saturated carbocycles. The zero-order valence-electron chi connectivity index (χ0n) is 16.3. The molecule has 0 aromatic heterocycles. The third-order valence-electron chi connectivity index (χ3n) is 4.70. The van der Waals surface area contributed by atoms with Crippen LogP contribution in [0.2, 0.25) is 0 Å². The number of carbonyl (C=O) groups is 2. The average molecular weight is 386 g/mol. The van der Waals surface area contributed by atoms with Crippen LogP contribution in [0.25, 0.3) is 6.08 Å². The van der Waals surface area contributed by atoms with Gasteiger partial charge in [0, 0.05) is 12.1 Å². The molecule has 0 spiro atoms. The molecule has 1 aromatic carbocycles. The van der Waals surface area contributed by atoms with Gasteiger partial charge < -0.3 is 19.5 Å². The number of nitriles is 1. The molecule has 1 aliphatic rings. The second-order valence-electron chi connectivity index (χ2n) is 6.73. The second-order valence-corrected chi connectivity index (χ2v) is 6.73. The Morgan fingerprint density at radius 2 is 2.07 bits per heavy atom. The lowest BCUT2D eigenvalue weighted by Gasteiger charge is -2.29. The number of esters is 1. The lowest BCUT2D eigenvalue weighted by Crippen LogP contribution is -2.42. The van der Waals surface area contributed by atoms with E-state index in [2.05, 4.69) is 12.2 Å². The number of methoxy groups -OCH3 is 1. The van der Waals surface area contributed by atoms with Crippen molar-refractivity contribution in [3.05, 3.63) is 29.8 Å². The van der Waals surface area contributed by atoms with Crippen LogP contribution in [-0.2, 0) is 14.3 Å². The van der Waals surface area contributed by atoms with Crippen LogP contribution in [0.5, 0.6) is 11.5 Å². The highest BCUT2D eigenvalue weighted by molar-refractivity contribution is 5.89. The van der Waals surface area contributed by atoms with Crippen LogP contribution >= 0.6 is 0 Å². The number of nitrogens with one attached hydrogen (secondary N) is 1. The van der Waals surface area contributed by atoms with Gasteiger partial charge in [-0.3, -0.25) is 4.79 Å². The number of ether oxygens (including phenoxy) is 3. The van der Waals surface area contributed by atoms with Crippen LogP contribution in [0, 0.1) is 17.2 Å². The highest BCUT2D eigenvalue weighted by Crippen LogP contribution is 2.28. The summed E-state index contributed by atoms with van der Waals surface area (Å²) in [7, 11) is 1.49. The van der Waals surface area contributed by atoms with E-state index in [9.17, 15) is 9.59 Å². The Morgan fingerprint density at radius 1 is 1.29 bits per heavy atom. The van der Waals surface area contributed by atoms with Crippen LogP contribution in [0.4, 0.5) is 0 Å². The smallest absolute Gasteiger partial charge is 0.331 e. The zero-order valence-corrected chi connectivity index (χ0v) is 16.3. The average Bonchev–Trinajstić information content (AvgIpc) is 2.71. The molecule has 150 valence electrons. The normalized spacial score (nSPS) is 18.9. The number of carbonyl (C=O) groups excluding carboxylic acids is 2. The molecule has 1 aliphatic carbocycles. The molecule has 0 heterocycles. The number of nitrogens with zero attached hydrogens (tertiary/aromatic N) is 1. The summed E-state index contributed by atoms with van der Waals surface area (Å²) in [6, 6.07) is 7.09. The van der Waals surface area contributed by atoms with Crippen LogP contribution < -0.4 is 14.8 Å². The molecule has 0 aliphatic heterocycles. The molecular weight excluding hydrogens is 360 g/mol. The van der Waals surface area contributed by atoms with E-state index in [0.29, 0.717) is 23.0 Å². The van der Waals surface area contributed by atoms with Crippen molar-refractivity contribution in [1.29, 1.82) is 5.26 Å². The molecule has 2 rings (SSSR count). The van der Waals surface area contributed by atoms with Crippen LogP contribution in [-0.4, -0.2) is 38.2 Å². The SMILES string of the molecule is COc1cc(/C=C/C(=O)OCC(=O)N[C@@H]2CCCC[C@@H]2C)ccc1OCC#N. The van der Waals surface area contributed by atoms with Gasteiger partial charge in [0.1, 0.15) is 6.07 Å². The summed E-state index contributed by atoms with van der Waals surface area (Å²) in [4.78, 5) is 23.8. The Labute approximate surface area is 165 Å². The number of rotatable bonds is 8. The van der Waals surface area contributed by atoms with E-state index in [-0.39, 0.29) is 25.2 Å². The topological polar surface area (TPSA) is 97.7 Å². The molecule has 7 nitrogen and oxygen atoms in total. The predicted octanol–water partition coefficient (Wildman–Crippen LogP) is 2.85. The summed E-state index contributed by atoms with van der Waals surface area (Å²) in [5.41, 5.74) is 0.693. The first-order chi connectivity index (χ1) is 13.5. The van der Waals surface area contributed by atoms with E-state index in [4.69, 9.17) is 19.5 Å². The van der Waals surface area contributed by atoms with Crippen LogP contribution in [0.3, 0.4) is 0 Å². The summed E-state index contributed by atoms with van der Waals surface area (Å²) in [5, 5.41) is 11.5. The van der Waals surface area contributed by atoms with E-state index in [0.717, 1.165) is 19.3 Å². The molecular formula is C21H26N2O5. The zero-order chi connectivity index (χ0) is 20.4. The highest BCUT2D eigenvalue weighted by atomic mass is 16.5.